The molecule has 1 amide bonds. The molecule has 0 saturated carbocycles. The van der Waals surface area contributed by atoms with Crippen molar-refractivity contribution in [2.45, 2.75) is 4.55 Å². The monoisotopic (exact) mass is 546 g/mol. The maximum Gasteiger partial charge on any atom is 0.337 e. The highest BCUT2D eigenvalue weighted by Crippen LogP contribution is 2.24. The van der Waals surface area contributed by atoms with E-state index in [2.05, 4.69) is 27.9 Å². The minimum absolute atomic E-state index is 0.0763. The second-order valence-corrected chi connectivity index (χ2v) is 7.01. The second kappa shape index (κ2) is 7.09. The first kappa shape index (κ1) is 17.2. The molecule has 7 heteroatoms. The first-order valence-corrected chi connectivity index (χ1v) is 9.60. The van der Waals surface area contributed by atoms with Crippen LogP contribution in [0.15, 0.2) is 48.5 Å². The van der Waals surface area contributed by atoms with Crippen molar-refractivity contribution in [3.8, 4) is 0 Å². The van der Waals surface area contributed by atoms with Gasteiger partial charge in [-0.3, -0.25) is 4.79 Å². The Balaban J connectivity index is 2.01. The van der Waals surface area contributed by atoms with Crippen molar-refractivity contribution < 1.29 is 14.7 Å². The van der Waals surface area contributed by atoms with Gasteiger partial charge in [-0.15, -0.1) is 0 Å². The van der Waals surface area contributed by atoms with Crippen LogP contribution in [0.3, 0.4) is 0 Å². The third-order valence-corrected chi connectivity index (χ3v) is 4.98. The molecule has 2 aromatic carbocycles. The molecule has 1 aromatic heterocycles. The van der Waals surface area contributed by atoms with Crippen molar-refractivity contribution in [1.29, 1.82) is 0 Å². The van der Waals surface area contributed by atoms with Gasteiger partial charge >= 0.3 is 5.97 Å². The number of carboxylic acids is 1. The lowest BCUT2D eigenvalue weighted by atomic mass is 10.1. The molecule has 0 aliphatic heterocycles. The lowest BCUT2D eigenvalue weighted by molar-refractivity contribution is 0.0698. The number of hydrogen-bond acceptors (Lipinski definition) is 2. The van der Waals surface area contributed by atoms with Crippen molar-refractivity contribution >= 4 is 73.6 Å². The van der Waals surface area contributed by atoms with Gasteiger partial charge in [-0.2, -0.15) is 0 Å². The largest absolute Gasteiger partial charge is 0.478 e. The number of amides is 1. The molecule has 0 aliphatic carbocycles. The number of fused-ring (bicyclic) bond motifs is 1. The molecule has 3 aromatic rings. The number of aromatic nitrogens is 1. The zero-order chi connectivity index (χ0) is 17.3. The van der Waals surface area contributed by atoms with E-state index in [9.17, 15) is 14.7 Å². The summed E-state index contributed by atoms with van der Waals surface area (Å²) in [6, 6.07) is 14.5. The molecule has 1 heterocycles. The van der Waals surface area contributed by atoms with Crippen molar-refractivity contribution in [2.24, 2.45) is 0 Å². The molecule has 0 radical (unpaired) electrons. The Morgan fingerprint density at radius 1 is 1.12 bits per heavy atom. The molecule has 0 spiro atoms. The molecule has 0 saturated heterocycles. The molecule has 0 unspecified atom stereocenters. The maximum absolute atomic E-state index is 12.7. The molecule has 0 bridgehead atoms. The number of carbonyl (C=O) groups excluding carboxylic acids is 1. The summed E-state index contributed by atoms with van der Waals surface area (Å²) in [5.74, 6) is -1.40. The molecule has 122 valence electrons. The smallest absolute Gasteiger partial charge is 0.337 e. The number of benzene rings is 2. The Morgan fingerprint density at radius 2 is 1.88 bits per heavy atom. The summed E-state index contributed by atoms with van der Waals surface area (Å²) in [6.07, 6.45) is 0. The highest BCUT2D eigenvalue weighted by atomic mass is 127. The number of alkyl halides is 1. The standard InChI is InChI=1S/C17H12I2N2O3/c18-9-21-14-4-2-1-3-10(14)7-15(21)16(22)20-13-6-5-11(19)8-12(13)17(23)24/h1-8H,9H2,(H,20,22)(H,23,24). The van der Waals surface area contributed by atoms with E-state index in [1.54, 1.807) is 12.1 Å². The minimum Gasteiger partial charge on any atom is -0.478 e. The van der Waals surface area contributed by atoms with E-state index in [-0.39, 0.29) is 17.2 Å². The summed E-state index contributed by atoms with van der Waals surface area (Å²) < 4.78 is 3.31. The Morgan fingerprint density at radius 3 is 2.58 bits per heavy atom. The number of rotatable bonds is 4. The SMILES string of the molecule is O=C(O)c1cc(I)ccc1NC(=O)c1cc2ccccc2n1CI. The topological polar surface area (TPSA) is 71.3 Å². The summed E-state index contributed by atoms with van der Waals surface area (Å²) in [6.45, 7) is 0. The van der Waals surface area contributed by atoms with E-state index in [0.29, 0.717) is 10.2 Å². The van der Waals surface area contributed by atoms with E-state index >= 15 is 0 Å². The van der Waals surface area contributed by atoms with Crippen LogP contribution in [0.2, 0.25) is 0 Å². The average molecular weight is 546 g/mol. The number of aromatic carboxylic acids is 1. The van der Waals surface area contributed by atoms with E-state index in [0.717, 1.165) is 14.5 Å². The van der Waals surface area contributed by atoms with Crippen LogP contribution < -0.4 is 5.32 Å². The van der Waals surface area contributed by atoms with Gasteiger partial charge in [0.15, 0.2) is 0 Å². The van der Waals surface area contributed by atoms with Crippen LogP contribution >= 0.6 is 45.2 Å². The predicted molar refractivity (Wildman–Crippen MR) is 110 cm³/mol. The Bertz CT molecular complexity index is 950. The van der Waals surface area contributed by atoms with Crippen molar-refractivity contribution in [3.05, 3.63) is 63.4 Å². The number of nitrogens with one attached hydrogen (secondary N) is 1. The van der Waals surface area contributed by atoms with Crippen molar-refractivity contribution in [3.63, 3.8) is 0 Å². The molecule has 0 fully saturated rings. The van der Waals surface area contributed by atoms with Gasteiger partial charge in [-0.25, -0.2) is 4.79 Å². The van der Waals surface area contributed by atoms with Gasteiger partial charge in [0.1, 0.15) is 5.69 Å². The van der Waals surface area contributed by atoms with Gasteiger partial charge in [0, 0.05) is 14.5 Å². The van der Waals surface area contributed by atoms with Crippen LogP contribution in [0, 0.1) is 3.57 Å². The fourth-order valence-corrected chi connectivity index (χ4v) is 3.74. The van der Waals surface area contributed by atoms with Crippen LogP contribution in [0.4, 0.5) is 5.69 Å². The predicted octanol–water partition coefficient (Wildman–Crippen LogP) is 4.59. The lowest BCUT2D eigenvalue weighted by Gasteiger charge is -2.10. The van der Waals surface area contributed by atoms with Crippen molar-refractivity contribution in [1.82, 2.24) is 4.57 Å². The molecule has 24 heavy (non-hydrogen) atoms. The fourth-order valence-electron chi connectivity index (χ4n) is 2.52. The number of nitrogens with zero attached hydrogens (tertiary/aromatic N) is 1. The molecule has 5 nitrogen and oxygen atoms in total. The van der Waals surface area contributed by atoms with Crippen LogP contribution in [0.1, 0.15) is 20.8 Å². The van der Waals surface area contributed by atoms with Crippen LogP contribution in [0.25, 0.3) is 10.9 Å². The highest BCUT2D eigenvalue weighted by molar-refractivity contribution is 14.1. The van der Waals surface area contributed by atoms with Gasteiger partial charge < -0.3 is 15.0 Å². The zero-order valence-electron chi connectivity index (χ0n) is 12.3. The van der Waals surface area contributed by atoms with Crippen LogP contribution in [0.5, 0.6) is 0 Å². The summed E-state index contributed by atoms with van der Waals surface area (Å²) in [5.41, 5.74) is 1.84. The molecular formula is C17H12I2N2O3. The molecule has 2 N–H and O–H groups in total. The summed E-state index contributed by atoms with van der Waals surface area (Å²) in [7, 11) is 0. The van der Waals surface area contributed by atoms with Gasteiger partial charge in [-0.05, 0) is 52.9 Å². The molecule has 0 aliphatic rings. The molecular weight excluding hydrogens is 534 g/mol. The highest BCUT2D eigenvalue weighted by Gasteiger charge is 2.18. The Kier molecular flexibility index (Phi) is 5.09. The quantitative estimate of drug-likeness (QED) is 0.372. The first-order chi connectivity index (χ1) is 11.5. The Labute approximate surface area is 165 Å². The number of carbonyl (C=O) groups is 2. The fraction of sp³-hybridized carbons (Fsp3) is 0.0588. The van der Waals surface area contributed by atoms with E-state index in [4.69, 9.17) is 0 Å². The first-order valence-electron chi connectivity index (χ1n) is 6.99. The van der Waals surface area contributed by atoms with Gasteiger partial charge in [0.25, 0.3) is 5.91 Å². The third-order valence-electron chi connectivity index (χ3n) is 3.62. The van der Waals surface area contributed by atoms with Gasteiger partial charge in [0.2, 0.25) is 0 Å². The molecule has 0 atom stereocenters. The number of para-hydroxylation sites is 1. The summed E-state index contributed by atoms with van der Waals surface area (Å²) in [5, 5.41) is 13.0. The van der Waals surface area contributed by atoms with E-state index in [1.807, 2.05) is 57.5 Å². The average Bonchev–Trinajstić information content (AvgIpc) is 2.95. The lowest BCUT2D eigenvalue weighted by Crippen LogP contribution is -2.18. The normalized spacial score (nSPS) is 10.8. The maximum atomic E-state index is 12.7. The van der Waals surface area contributed by atoms with Gasteiger partial charge in [-0.1, -0.05) is 40.8 Å². The van der Waals surface area contributed by atoms with Crippen molar-refractivity contribution in [2.75, 3.05) is 5.32 Å². The number of anilines is 1. The number of hydrogen-bond donors (Lipinski definition) is 2. The van der Waals surface area contributed by atoms with E-state index < -0.39 is 5.97 Å². The Hall–Kier alpha value is -1.62. The second-order valence-electron chi connectivity index (χ2n) is 5.09. The number of halogens is 2. The van der Waals surface area contributed by atoms with Crippen LogP contribution in [-0.4, -0.2) is 21.6 Å². The number of carboxylic acid groups (broad SMARTS) is 1. The molecule has 3 rings (SSSR count). The summed E-state index contributed by atoms with van der Waals surface area (Å²) in [4.78, 5) is 24.1. The zero-order valence-corrected chi connectivity index (χ0v) is 16.6. The minimum atomic E-state index is -1.07. The van der Waals surface area contributed by atoms with E-state index in [1.165, 1.54) is 6.07 Å². The summed E-state index contributed by atoms with van der Waals surface area (Å²) >= 11 is 4.24. The third kappa shape index (κ3) is 3.27. The van der Waals surface area contributed by atoms with Crippen LogP contribution in [-0.2, 0) is 4.55 Å². The van der Waals surface area contributed by atoms with Gasteiger partial charge in [0.05, 0.1) is 15.8 Å².